The number of hydrogen-bond acceptors (Lipinski definition) is 5. The first-order chi connectivity index (χ1) is 13.6. The Bertz CT molecular complexity index is 807. The number of carbonyl (C=O) groups is 1. The summed E-state index contributed by atoms with van der Waals surface area (Å²) >= 11 is 3.41. The zero-order valence-electron chi connectivity index (χ0n) is 16.3. The van der Waals surface area contributed by atoms with Crippen LogP contribution in [0, 0.1) is 0 Å². The van der Waals surface area contributed by atoms with Crippen molar-refractivity contribution in [2.24, 2.45) is 4.99 Å². The number of aliphatic imine (C=N–C) groups is 1. The second kappa shape index (κ2) is 11.5. The number of nitrogens with one attached hydrogen (secondary N) is 1. The van der Waals surface area contributed by atoms with E-state index < -0.39 is 0 Å². The average Bonchev–Trinajstić information content (AvgIpc) is 2.72. The highest BCUT2D eigenvalue weighted by Crippen LogP contribution is 2.27. The van der Waals surface area contributed by atoms with Gasteiger partial charge in [-0.1, -0.05) is 34.1 Å². The molecule has 0 aliphatic carbocycles. The van der Waals surface area contributed by atoms with Gasteiger partial charge in [0, 0.05) is 23.7 Å². The number of carbonyl (C=O) groups excluding carboxylic acids is 1. The summed E-state index contributed by atoms with van der Waals surface area (Å²) in [6, 6.07) is 13.2. The minimum atomic E-state index is -0.209. The molecule has 0 spiro atoms. The molecule has 0 aliphatic heterocycles. The minimum absolute atomic E-state index is 0.209. The van der Waals surface area contributed by atoms with Crippen molar-refractivity contribution in [1.82, 2.24) is 5.32 Å². The van der Waals surface area contributed by atoms with E-state index in [0.717, 1.165) is 15.6 Å². The third-order valence-electron chi connectivity index (χ3n) is 4.05. The third kappa shape index (κ3) is 6.35. The molecule has 0 atom stereocenters. The summed E-state index contributed by atoms with van der Waals surface area (Å²) in [4.78, 5) is 17.1. The number of methoxy groups -OCH3 is 3. The Labute approximate surface area is 174 Å². The first-order valence-electron chi connectivity index (χ1n) is 8.87. The van der Waals surface area contributed by atoms with Crippen LogP contribution in [-0.2, 0) is 16.0 Å². The van der Waals surface area contributed by atoms with Gasteiger partial charge in [0.05, 0.1) is 27.4 Å². The Morgan fingerprint density at radius 2 is 1.75 bits per heavy atom. The Morgan fingerprint density at radius 3 is 2.39 bits per heavy atom. The summed E-state index contributed by atoms with van der Waals surface area (Å²) in [6.45, 7) is 1.36. The molecule has 0 bridgehead atoms. The van der Waals surface area contributed by atoms with E-state index in [9.17, 15) is 4.79 Å². The van der Waals surface area contributed by atoms with Crippen molar-refractivity contribution >= 4 is 27.5 Å². The molecule has 6 nitrogen and oxygen atoms in total. The van der Waals surface area contributed by atoms with Crippen LogP contribution in [-0.4, -0.2) is 52.6 Å². The molecule has 0 saturated carbocycles. The molecule has 0 saturated heterocycles. The molecule has 1 N–H and O–H groups in total. The Kier molecular flexibility index (Phi) is 8.97. The highest BCUT2D eigenvalue weighted by Gasteiger charge is 2.14. The summed E-state index contributed by atoms with van der Waals surface area (Å²) in [5, 5.41) is 2.94. The smallest absolute Gasteiger partial charge is 0.270 e. The number of ether oxygens (including phenoxy) is 3. The number of hydrogen-bond donors (Lipinski definition) is 1. The fourth-order valence-electron chi connectivity index (χ4n) is 2.59. The van der Waals surface area contributed by atoms with Crippen LogP contribution in [0.4, 0.5) is 0 Å². The highest BCUT2D eigenvalue weighted by atomic mass is 79.9. The number of amides is 1. The Hall–Kier alpha value is -2.38. The van der Waals surface area contributed by atoms with E-state index >= 15 is 0 Å². The molecule has 2 aromatic rings. The normalized spacial score (nSPS) is 11.2. The van der Waals surface area contributed by atoms with Crippen molar-refractivity contribution in [3.8, 4) is 11.5 Å². The van der Waals surface area contributed by atoms with Gasteiger partial charge < -0.3 is 19.5 Å². The number of benzene rings is 2. The van der Waals surface area contributed by atoms with Crippen molar-refractivity contribution in [2.45, 2.75) is 6.42 Å². The second-order valence-corrected chi connectivity index (χ2v) is 6.84. The lowest BCUT2D eigenvalue weighted by Gasteiger charge is -2.11. The van der Waals surface area contributed by atoms with Gasteiger partial charge in [0.2, 0.25) is 0 Å². The summed E-state index contributed by atoms with van der Waals surface area (Å²) in [5.41, 5.74) is 2.21. The lowest BCUT2D eigenvalue weighted by Crippen LogP contribution is -2.33. The summed E-state index contributed by atoms with van der Waals surface area (Å²) in [5.74, 6) is 1.14. The van der Waals surface area contributed by atoms with Crippen LogP contribution < -0.4 is 14.8 Å². The summed E-state index contributed by atoms with van der Waals surface area (Å²) < 4.78 is 16.5. The van der Waals surface area contributed by atoms with Gasteiger partial charge in [-0.15, -0.1) is 0 Å². The number of nitrogens with zero attached hydrogens (tertiary/aromatic N) is 1. The topological polar surface area (TPSA) is 69.2 Å². The molecule has 2 aromatic carbocycles. The SMILES string of the molecule is COCCN=C(C(=O)NCCc1ccc(OC)c(OC)c1)c1ccc(Br)cc1. The van der Waals surface area contributed by atoms with Gasteiger partial charge in [0.1, 0.15) is 5.71 Å². The van der Waals surface area contributed by atoms with Gasteiger partial charge in [0.25, 0.3) is 5.91 Å². The quantitative estimate of drug-likeness (QED) is 0.447. The Morgan fingerprint density at radius 1 is 1.04 bits per heavy atom. The van der Waals surface area contributed by atoms with Crippen LogP contribution in [0.15, 0.2) is 51.9 Å². The van der Waals surface area contributed by atoms with Crippen LogP contribution in [0.2, 0.25) is 0 Å². The molecule has 7 heteroatoms. The maximum atomic E-state index is 12.7. The summed E-state index contributed by atoms with van der Waals surface area (Å²) in [6.07, 6.45) is 0.664. The molecular weight excluding hydrogens is 424 g/mol. The van der Waals surface area contributed by atoms with Crippen molar-refractivity contribution < 1.29 is 19.0 Å². The summed E-state index contributed by atoms with van der Waals surface area (Å²) in [7, 11) is 4.81. The molecule has 0 radical (unpaired) electrons. The first kappa shape index (κ1) is 21.9. The van der Waals surface area contributed by atoms with Gasteiger partial charge in [-0.25, -0.2) is 0 Å². The van der Waals surface area contributed by atoms with Crippen molar-refractivity contribution in [2.75, 3.05) is 41.0 Å². The van der Waals surface area contributed by atoms with E-state index in [2.05, 4.69) is 26.2 Å². The van der Waals surface area contributed by atoms with Crippen LogP contribution in [0.5, 0.6) is 11.5 Å². The Balaban J connectivity index is 2.03. The van der Waals surface area contributed by atoms with Crippen LogP contribution in [0.1, 0.15) is 11.1 Å². The van der Waals surface area contributed by atoms with Gasteiger partial charge in [-0.3, -0.25) is 9.79 Å². The second-order valence-electron chi connectivity index (χ2n) is 5.93. The number of rotatable bonds is 10. The molecule has 0 fully saturated rings. The molecule has 0 unspecified atom stereocenters. The minimum Gasteiger partial charge on any atom is -0.493 e. The molecule has 1 amide bonds. The van der Waals surface area contributed by atoms with E-state index in [-0.39, 0.29) is 5.91 Å². The number of halogens is 1. The van der Waals surface area contributed by atoms with E-state index in [1.54, 1.807) is 21.3 Å². The fourth-order valence-corrected chi connectivity index (χ4v) is 2.86. The zero-order valence-corrected chi connectivity index (χ0v) is 17.9. The lowest BCUT2D eigenvalue weighted by molar-refractivity contribution is -0.114. The highest BCUT2D eigenvalue weighted by molar-refractivity contribution is 9.10. The maximum Gasteiger partial charge on any atom is 0.270 e. The largest absolute Gasteiger partial charge is 0.493 e. The third-order valence-corrected chi connectivity index (χ3v) is 4.57. The van der Waals surface area contributed by atoms with E-state index in [0.29, 0.717) is 43.3 Å². The molecule has 0 aromatic heterocycles. The van der Waals surface area contributed by atoms with E-state index in [1.165, 1.54) is 0 Å². The molecule has 0 heterocycles. The first-order valence-corrected chi connectivity index (χ1v) is 9.66. The maximum absolute atomic E-state index is 12.7. The molecule has 0 aliphatic rings. The van der Waals surface area contributed by atoms with Crippen LogP contribution in [0.3, 0.4) is 0 Å². The van der Waals surface area contributed by atoms with E-state index in [1.807, 2.05) is 42.5 Å². The van der Waals surface area contributed by atoms with Crippen LogP contribution in [0.25, 0.3) is 0 Å². The molecular formula is C21H25BrN2O4. The lowest BCUT2D eigenvalue weighted by atomic mass is 10.1. The van der Waals surface area contributed by atoms with Crippen molar-refractivity contribution in [3.63, 3.8) is 0 Å². The predicted octanol–water partition coefficient (Wildman–Crippen LogP) is 3.26. The zero-order chi connectivity index (χ0) is 20.4. The monoisotopic (exact) mass is 448 g/mol. The predicted molar refractivity (Wildman–Crippen MR) is 114 cm³/mol. The standard InChI is InChI=1S/C21H25BrN2O4/c1-26-13-12-23-20(16-5-7-17(22)8-6-16)21(25)24-11-10-15-4-9-18(27-2)19(14-15)28-3/h4-9,14H,10-13H2,1-3H3,(H,24,25). The molecule has 2 rings (SSSR count). The van der Waals surface area contributed by atoms with Crippen molar-refractivity contribution in [1.29, 1.82) is 0 Å². The van der Waals surface area contributed by atoms with Gasteiger partial charge in [0.15, 0.2) is 11.5 Å². The molecule has 150 valence electrons. The van der Waals surface area contributed by atoms with Gasteiger partial charge in [-0.05, 0) is 36.2 Å². The van der Waals surface area contributed by atoms with Gasteiger partial charge >= 0.3 is 0 Å². The molecule has 28 heavy (non-hydrogen) atoms. The van der Waals surface area contributed by atoms with Gasteiger partial charge in [-0.2, -0.15) is 0 Å². The average molecular weight is 449 g/mol. The van der Waals surface area contributed by atoms with E-state index in [4.69, 9.17) is 14.2 Å². The fraction of sp³-hybridized carbons (Fsp3) is 0.333. The van der Waals surface area contributed by atoms with Crippen molar-refractivity contribution in [3.05, 3.63) is 58.1 Å². The van der Waals surface area contributed by atoms with Crippen LogP contribution >= 0.6 is 15.9 Å².